The van der Waals surface area contributed by atoms with Crippen LogP contribution in [0.3, 0.4) is 0 Å². The molecule has 5 nitrogen and oxygen atoms in total. The topological polar surface area (TPSA) is 71.1 Å². The Labute approximate surface area is 84.5 Å². The van der Waals surface area contributed by atoms with Crippen LogP contribution < -0.4 is 5.73 Å². The van der Waals surface area contributed by atoms with Crippen molar-refractivity contribution in [3.63, 3.8) is 0 Å². The average molecular weight is 201 g/mol. The van der Waals surface area contributed by atoms with E-state index in [1.165, 1.54) is 0 Å². The van der Waals surface area contributed by atoms with Crippen molar-refractivity contribution >= 4 is 5.84 Å². The Morgan fingerprint density at radius 2 is 2.50 bits per heavy atom. The van der Waals surface area contributed by atoms with Crippen LogP contribution in [-0.2, 0) is 4.74 Å². The van der Waals surface area contributed by atoms with E-state index in [9.17, 15) is 0 Å². The fourth-order valence-corrected chi connectivity index (χ4v) is 1.61. The van der Waals surface area contributed by atoms with Gasteiger partial charge in [-0.25, -0.2) is 0 Å². The Morgan fingerprint density at radius 3 is 3.14 bits per heavy atom. The van der Waals surface area contributed by atoms with Gasteiger partial charge in [0.25, 0.3) is 0 Å². The molecule has 1 unspecified atom stereocenters. The summed E-state index contributed by atoms with van der Waals surface area (Å²) in [5.74, 6) is 0.311. The normalized spacial score (nSPS) is 25.2. The van der Waals surface area contributed by atoms with E-state index >= 15 is 0 Å². The van der Waals surface area contributed by atoms with E-state index in [0.717, 1.165) is 32.7 Å². The van der Waals surface area contributed by atoms with Crippen molar-refractivity contribution in [3.8, 4) is 0 Å². The summed E-state index contributed by atoms with van der Waals surface area (Å²) in [5, 5.41) is 11.3. The molecular weight excluding hydrogens is 182 g/mol. The zero-order valence-electron chi connectivity index (χ0n) is 8.65. The van der Waals surface area contributed by atoms with E-state index in [1.807, 2.05) is 0 Å². The molecule has 82 valence electrons. The highest BCUT2D eigenvalue weighted by molar-refractivity contribution is 5.79. The third kappa shape index (κ3) is 3.51. The van der Waals surface area contributed by atoms with Gasteiger partial charge in [0.15, 0.2) is 0 Å². The summed E-state index contributed by atoms with van der Waals surface area (Å²) in [4.78, 5) is 2.37. The molecular formula is C9H19N3O2. The first-order chi connectivity index (χ1) is 6.74. The number of nitrogens with two attached hydrogens (primary N) is 1. The first kappa shape index (κ1) is 11.3. The molecule has 0 aromatic rings. The maximum absolute atomic E-state index is 8.35. The average Bonchev–Trinajstić information content (AvgIpc) is 2.20. The zero-order valence-corrected chi connectivity index (χ0v) is 8.65. The first-order valence-electron chi connectivity index (χ1n) is 5.02. The van der Waals surface area contributed by atoms with Crippen molar-refractivity contribution in [2.24, 2.45) is 10.9 Å². The van der Waals surface area contributed by atoms with E-state index in [0.29, 0.717) is 18.3 Å². The van der Waals surface area contributed by atoms with Crippen LogP contribution in [0.2, 0.25) is 0 Å². The lowest BCUT2D eigenvalue weighted by Gasteiger charge is -2.33. The molecule has 0 aromatic heterocycles. The molecule has 0 aliphatic carbocycles. The van der Waals surface area contributed by atoms with Gasteiger partial charge in [-0.1, -0.05) is 5.16 Å². The summed E-state index contributed by atoms with van der Waals surface area (Å²) >= 11 is 0. The Kier molecular flexibility index (Phi) is 4.69. The molecule has 3 N–H and O–H groups in total. The Morgan fingerprint density at radius 1 is 1.71 bits per heavy atom. The van der Waals surface area contributed by atoms with Crippen molar-refractivity contribution in [3.05, 3.63) is 0 Å². The van der Waals surface area contributed by atoms with Crippen molar-refractivity contribution in [1.82, 2.24) is 4.90 Å². The fourth-order valence-electron chi connectivity index (χ4n) is 1.61. The monoisotopic (exact) mass is 201 g/mol. The summed E-state index contributed by atoms with van der Waals surface area (Å²) in [5.41, 5.74) is 5.38. The van der Waals surface area contributed by atoms with Gasteiger partial charge in [0.1, 0.15) is 5.84 Å². The van der Waals surface area contributed by atoms with Crippen molar-refractivity contribution in [2.75, 3.05) is 26.3 Å². The number of morpholine rings is 1. The van der Waals surface area contributed by atoms with Crippen LogP contribution >= 0.6 is 0 Å². The number of hydrogen-bond acceptors (Lipinski definition) is 4. The van der Waals surface area contributed by atoms with E-state index in [-0.39, 0.29) is 0 Å². The van der Waals surface area contributed by atoms with Crippen molar-refractivity contribution in [2.45, 2.75) is 25.8 Å². The smallest absolute Gasteiger partial charge is 0.139 e. The minimum atomic E-state index is 0.311. The molecule has 1 saturated heterocycles. The van der Waals surface area contributed by atoms with E-state index in [2.05, 4.69) is 17.0 Å². The third-order valence-corrected chi connectivity index (χ3v) is 2.51. The van der Waals surface area contributed by atoms with Gasteiger partial charge >= 0.3 is 0 Å². The van der Waals surface area contributed by atoms with Gasteiger partial charge in [-0.2, -0.15) is 0 Å². The highest BCUT2D eigenvalue weighted by Gasteiger charge is 2.17. The first-order valence-corrected chi connectivity index (χ1v) is 5.02. The molecule has 0 bridgehead atoms. The summed E-state index contributed by atoms with van der Waals surface area (Å²) in [7, 11) is 0. The maximum Gasteiger partial charge on any atom is 0.139 e. The van der Waals surface area contributed by atoms with Crippen LogP contribution in [0, 0.1) is 0 Å². The van der Waals surface area contributed by atoms with Crippen LogP contribution in [0.25, 0.3) is 0 Å². The van der Waals surface area contributed by atoms with Crippen LogP contribution in [0.15, 0.2) is 5.16 Å². The quantitative estimate of drug-likeness (QED) is 0.296. The number of rotatable bonds is 4. The van der Waals surface area contributed by atoms with Gasteiger partial charge in [0.2, 0.25) is 0 Å². The summed E-state index contributed by atoms with van der Waals surface area (Å²) in [6, 6.07) is 0.482. The molecule has 0 amide bonds. The number of amidine groups is 1. The molecule has 1 aliphatic heterocycles. The van der Waals surface area contributed by atoms with Gasteiger partial charge in [0, 0.05) is 19.0 Å². The minimum Gasteiger partial charge on any atom is -0.409 e. The second-order valence-corrected chi connectivity index (χ2v) is 3.65. The van der Waals surface area contributed by atoms with Crippen molar-refractivity contribution < 1.29 is 9.94 Å². The van der Waals surface area contributed by atoms with Gasteiger partial charge in [-0.15, -0.1) is 0 Å². The highest BCUT2D eigenvalue weighted by Crippen LogP contribution is 2.07. The SMILES string of the molecule is CC1COCCN1CCC/C(N)=N/O. The number of ether oxygens (including phenoxy) is 1. The molecule has 0 saturated carbocycles. The molecule has 0 aromatic carbocycles. The Hall–Kier alpha value is -0.810. The fraction of sp³-hybridized carbons (Fsp3) is 0.889. The molecule has 1 rings (SSSR count). The van der Waals surface area contributed by atoms with E-state index in [1.54, 1.807) is 0 Å². The van der Waals surface area contributed by atoms with E-state index in [4.69, 9.17) is 15.7 Å². The standard InChI is InChI=1S/C9H19N3O2/c1-8-7-14-6-5-12(8)4-2-3-9(10)11-13/h8,13H,2-7H2,1H3,(H2,10,11). The predicted octanol–water partition coefficient (Wildman–Crippen LogP) is 0.234. The van der Waals surface area contributed by atoms with E-state index < -0.39 is 0 Å². The van der Waals surface area contributed by atoms with Crippen LogP contribution in [0.1, 0.15) is 19.8 Å². The number of hydrogen-bond donors (Lipinski definition) is 2. The third-order valence-electron chi connectivity index (χ3n) is 2.51. The second-order valence-electron chi connectivity index (χ2n) is 3.65. The molecule has 5 heteroatoms. The van der Waals surface area contributed by atoms with Gasteiger partial charge in [-0.3, -0.25) is 4.90 Å². The van der Waals surface area contributed by atoms with Crippen LogP contribution in [0.5, 0.6) is 0 Å². The second kappa shape index (κ2) is 5.82. The maximum atomic E-state index is 8.35. The molecule has 14 heavy (non-hydrogen) atoms. The predicted molar refractivity (Wildman–Crippen MR) is 54.5 cm³/mol. The highest BCUT2D eigenvalue weighted by atomic mass is 16.5. The molecule has 0 spiro atoms. The Balaban J connectivity index is 2.16. The molecule has 1 aliphatic rings. The zero-order chi connectivity index (χ0) is 10.4. The lowest BCUT2D eigenvalue weighted by Crippen LogP contribution is -2.44. The summed E-state index contributed by atoms with van der Waals surface area (Å²) in [6.45, 7) is 5.75. The lowest BCUT2D eigenvalue weighted by atomic mass is 10.2. The molecule has 1 fully saturated rings. The lowest BCUT2D eigenvalue weighted by molar-refractivity contribution is -0.000433. The van der Waals surface area contributed by atoms with Crippen LogP contribution in [-0.4, -0.2) is 48.3 Å². The van der Waals surface area contributed by atoms with Crippen LogP contribution in [0.4, 0.5) is 0 Å². The minimum absolute atomic E-state index is 0.311. The number of oxime groups is 1. The Bertz CT molecular complexity index is 196. The molecule has 1 heterocycles. The molecule has 0 radical (unpaired) electrons. The van der Waals surface area contributed by atoms with Gasteiger partial charge in [0.05, 0.1) is 13.2 Å². The van der Waals surface area contributed by atoms with Gasteiger partial charge < -0.3 is 15.7 Å². The summed E-state index contributed by atoms with van der Waals surface area (Å²) < 4.78 is 5.33. The van der Waals surface area contributed by atoms with Crippen molar-refractivity contribution in [1.29, 1.82) is 0 Å². The van der Waals surface area contributed by atoms with Gasteiger partial charge in [-0.05, 0) is 19.9 Å². The number of nitrogens with zero attached hydrogens (tertiary/aromatic N) is 2. The largest absolute Gasteiger partial charge is 0.409 e. The summed E-state index contributed by atoms with van der Waals surface area (Å²) in [6.07, 6.45) is 1.58. The molecule has 1 atom stereocenters.